The minimum atomic E-state index is -0.640. The van der Waals surface area contributed by atoms with Crippen molar-refractivity contribution in [2.24, 2.45) is 0 Å². The minimum Gasteiger partial charge on any atom is -0.465 e. The van der Waals surface area contributed by atoms with Crippen LogP contribution in [0.1, 0.15) is 35.3 Å². The van der Waals surface area contributed by atoms with Gasteiger partial charge in [-0.2, -0.15) is 0 Å². The highest BCUT2D eigenvalue weighted by atomic mass is 79.9. The molecular weight excluding hydrogens is 486 g/mol. The molecule has 6 nitrogen and oxygen atoms in total. The lowest BCUT2D eigenvalue weighted by Gasteiger charge is -2.05. The van der Waals surface area contributed by atoms with E-state index in [1.807, 2.05) is 0 Å². The van der Waals surface area contributed by atoms with Crippen LogP contribution in [0.5, 0.6) is 0 Å². The van der Waals surface area contributed by atoms with Crippen LogP contribution in [0.2, 0.25) is 0 Å². The van der Waals surface area contributed by atoms with Crippen molar-refractivity contribution in [1.82, 2.24) is 0 Å². The van der Waals surface area contributed by atoms with E-state index in [2.05, 4.69) is 37.2 Å². The quantitative estimate of drug-likeness (QED) is 0.493. The highest BCUT2D eigenvalue weighted by Crippen LogP contribution is 2.36. The molecule has 2 heterocycles. The van der Waals surface area contributed by atoms with Crippen molar-refractivity contribution >= 4 is 77.4 Å². The third kappa shape index (κ3) is 3.88. The Bertz CT molecular complexity index is 799. The summed E-state index contributed by atoms with van der Waals surface area (Å²) in [5.74, 6) is -1.60. The molecule has 2 rings (SSSR count). The lowest BCUT2D eigenvalue weighted by atomic mass is 10.1. The largest absolute Gasteiger partial charge is 0.465 e. The van der Waals surface area contributed by atoms with Crippen LogP contribution in [-0.4, -0.2) is 32.1 Å². The number of rotatable bonds is 5. The van der Waals surface area contributed by atoms with Crippen molar-refractivity contribution in [1.29, 1.82) is 0 Å². The Morgan fingerprint density at radius 2 is 1.79 bits per heavy atom. The van der Waals surface area contributed by atoms with Gasteiger partial charge in [0.1, 0.15) is 9.88 Å². The molecule has 0 aromatic carbocycles. The number of carbonyl (C=O) groups excluding carboxylic acids is 3. The van der Waals surface area contributed by atoms with Crippen molar-refractivity contribution in [3.8, 4) is 0 Å². The van der Waals surface area contributed by atoms with Gasteiger partial charge >= 0.3 is 11.9 Å². The zero-order valence-corrected chi connectivity index (χ0v) is 17.3. The van der Waals surface area contributed by atoms with Gasteiger partial charge in [0.15, 0.2) is 0 Å². The van der Waals surface area contributed by atoms with Gasteiger partial charge in [-0.25, -0.2) is 9.59 Å². The predicted molar refractivity (Wildman–Crippen MR) is 99.6 cm³/mol. The number of hydrogen-bond donors (Lipinski definition) is 1. The number of methoxy groups -OCH3 is 2. The van der Waals surface area contributed by atoms with Crippen molar-refractivity contribution < 1.29 is 23.9 Å². The molecule has 2 aromatic heterocycles. The van der Waals surface area contributed by atoms with Gasteiger partial charge in [0, 0.05) is 10.9 Å². The molecule has 128 valence electrons. The molecule has 0 atom stereocenters. The molecule has 0 unspecified atom stereocenters. The zero-order chi connectivity index (χ0) is 17.9. The summed E-state index contributed by atoms with van der Waals surface area (Å²) in [6, 6.07) is 3.40. The van der Waals surface area contributed by atoms with Gasteiger partial charge in [-0.15, -0.1) is 22.7 Å². The summed E-state index contributed by atoms with van der Waals surface area (Å²) >= 11 is 8.77. The van der Waals surface area contributed by atoms with Gasteiger partial charge in [0.25, 0.3) is 5.91 Å². The number of alkyl halides is 1. The maximum Gasteiger partial charge on any atom is 0.348 e. The predicted octanol–water partition coefficient (Wildman–Crippen LogP) is 4.29. The average molecular weight is 497 g/mol. The second-order valence-corrected chi connectivity index (χ2v) is 8.33. The molecule has 0 spiro atoms. The van der Waals surface area contributed by atoms with Crippen LogP contribution < -0.4 is 5.32 Å². The Balaban J connectivity index is 2.47. The molecule has 0 fully saturated rings. The number of esters is 2. The topological polar surface area (TPSA) is 81.7 Å². The average Bonchev–Trinajstić information content (AvgIpc) is 3.16. The Morgan fingerprint density at radius 1 is 1.12 bits per heavy atom. The summed E-state index contributed by atoms with van der Waals surface area (Å²) in [4.78, 5) is 37.1. The summed E-state index contributed by atoms with van der Waals surface area (Å²) in [7, 11) is 2.48. The van der Waals surface area contributed by atoms with Crippen LogP contribution in [0.4, 0.5) is 5.00 Å². The van der Waals surface area contributed by atoms with Crippen LogP contribution in [0, 0.1) is 0 Å². The fraction of sp³-hybridized carbons (Fsp3) is 0.214. The van der Waals surface area contributed by atoms with Gasteiger partial charge in [-0.1, -0.05) is 15.9 Å². The van der Waals surface area contributed by atoms with E-state index in [4.69, 9.17) is 9.47 Å². The second kappa shape index (κ2) is 8.24. The van der Waals surface area contributed by atoms with Gasteiger partial charge in [0.05, 0.1) is 28.4 Å². The number of carbonyl (C=O) groups is 3. The van der Waals surface area contributed by atoms with Crippen LogP contribution >= 0.6 is 54.5 Å². The highest BCUT2D eigenvalue weighted by molar-refractivity contribution is 9.11. The maximum absolute atomic E-state index is 12.3. The van der Waals surface area contributed by atoms with Crippen molar-refractivity contribution in [2.75, 3.05) is 19.5 Å². The molecule has 0 saturated heterocycles. The molecule has 24 heavy (non-hydrogen) atoms. The smallest absolute Gasteiger partial charge is 0.348 e. The third-order valence-corrected chi connectivity index (χ3v) is 6.24. The van der Waals surface area contributed by atoms with Crippen LogP contribution in [0.3, 0.4) is 0 Å². The molecule has 0 saturated carbocycles. The Morgan fingerprint density at radius 3 is 2.29 bits per heavy atom. The van der Waals surface area contributed by atoms with Gasteiger partial charge < -0.3 is 14.8 Å². The third-order valence-electron chi connectivity index (χ3n) is 2.93. The van der Waals surface area contributed by atoms with Crippen molar-refractivity contribution in [2.45, 2.75) is 5.33 Å². The first-order chi connectivity index (χ1) is 11.4. The van der Waals surface area contributed by atoms with Gasteiger partial charge in [0.2, 0.25) is 0 Å². The number of nitrogens with one attached hydrogen (secondary N) is 1. The molecule has 0 aliphatic heterocycles. The lowest BCUT2D eigenvalue weighted by molar-refractivity contribution is 0.0601. The van der Waals surface area contributed by atoms with E-state index in [0.717, 1.165) is 15.1 Å². The SMILES string of the molecule is COC(=O)c1sc(NC(=O)c2ccc(Br)s2)c(C(=O)OC)c1CBr. The molecule has 10 heteroatoms. The van der Waals surface area contributed by atoms with E-state index in [1.165, 1.54) is 25.6 Å². The first kappa shape index (κ1) is 19.1. The van der Waals surface area contributed by atoms with Crippen LogP contribution in [0.15, 0.2) is 15.9 Å². The summed E-state index contributed by atoms with van der Waals surface area (Å²) in [5.41, 5.74) is 0.560. The summed E-state index contributed by atoms with van der Waals surface area (Å²) in [6.45, 7) is 0. The molecule has 2 aromatic rings. The van der Waals surface area contributed by atoms with E-state index >= 15 is 0 Å². The number of hydrogen-bond acceptors (Lipinski definition) is 7. The van der Waals surface area contributed by atoms with Gasteiger partial charge in [-0.05, 0) is 28.1 Å². The molecule has 0 aliphatic rings. The van der Waals surface area contributed by atoms with E-state index in [9.17, 15) is 14.4 Å². The van der Waals surface area contributed by atoms with Crippen molar-refractivity contribution in [3.05, 3.63) is 36.8 Å². The maximum atomic E-state index is 12.3. The minimum absolute atomic E-state index is 0.142. The number of anilines is 1. The molecular formula is C14H11Br2NO5S2. The summed E-state index contributed by atoms with van der Waals surface area (Å²) in [6.07, 6.45) is 0. The molecule has 0 radical (unpaired) electrons. The fourth-order valence-corrected chi connectivity index (χ4v) is 5.01. The monoisotopic (exact) mass is 495 g/mol. The van der Waals surface area contributed by atoms with Gasteiger partial charge in [-0.3, -0.25) is 4.79 Å². The summed E-state index contributed by atoms with van der Waals surface area (Å²) in [5, 5.41) is 3.15. The van der Waals surface area contributed by atoms with E-state index < -0.39 is 11.9 Å². The summed E-state index contributed by atoms with van der Waals surface area (Å²) < 4.78 is 10.3. The highest BCUT2D eigenvalue weighted by Gasteiger charge is 2.28. The van der Waals surface area contributed by atoms with Crippen LogP contribution in [-0.2, 0) is 14.8 Å². The van der Waals surface area contributed by atoms with Crippen molar-refractivity contribution in [3.63, 3.8) is 0 Å². The van der Waals surface area contributed by atoms with Crippen LogP contribution in [0.25, 0.3) is 0 Å². The standard InChI is InChI=1S/C14H11Br2NO5S2/c1-21-13(19)9-6(5-15)10(14(20)22-2)24-12(9)17-11(18)7-3-4-8(16)23-7/h3-4H,5H2,1-2H3,(H,17,18). The lowest BCUT2D eigenvalue weighted by Crippen LogP contribution is -2.13. The molecule has 1 N–H and O–H groups in total. The Labute approximate surface area is 162 Å². The first-order valence-electron chi connectivity index (χ1n) is 6.37. The zero-order valence-electron chi connectivity index (χ0n) is 12.5. The number of ether oxygens (including phenoxy) is 2. The molecule has 0 aliphatic carbocycles. The normalized spacial score (nSPS) is 10.3. The number of amides is 1. The fourth-order valence-electron chi connectivity index (χ4n) is 1.86. The van der Waals surface area contributed by atoms with E-state index in [0.29, 0.717) is 10.4 Å². The first-order valence-corrected chi connectivity index (χ1v) is 9.92. The number of halogens is 2. The molecule has 1 amide bonds. The second-order valence-electron chi connectivity index (χ2n) is 4.29. The van der Waals surface area contributed by atoms with E-state index in [1.54, 1.807) is 12.1 Å². The van der Waals surface area contributed by atoms with E-state index in [-0.39, 0.29) is 26.7 Å². The molecule has 0 bridgehead atoms. The Hall–Kier alpha value is -1.23. The Kier molecular flexibility index (Phi) is 6.55. The number of thiophene rings is 2.